The molecule has 1 aliphatic carbocycles. The van der Waals surface area contributed by atoms with Crippen molar-refractivity contribution >= 4 is 0 Å². The molecule has 4 heteroatoms. The molecule has 0 saturated heterocycles. The van der Waals surface area contributed by atoms with Gasteiger partial charge in [-0.1, -0.05) is 0 Å². The average Bonchev–Trinajstić information content (AvgIpc) is 3.14. The van der Waals surface area contributed by atoms with E-state index in [4.69, 9.17) is 9.15 Å². The third kappa shape index (κ3) is 2.79. The second kappa shape index (κ2) is 5.05. The van der Waals surface area contributed by atoms with Crippen LogP contribution in [0, 0.1) is 5.82 Å². The van der Waals surface area contributed by atoms with Gasteiger partial charge in [0.05, 0.1) is 19.2 Å². The molecule has 1 heterocycles. The van der Waals surface area contributed by atoms with Gasteiger partial charge in [0, 0.05) is 12.1 Å². The van der Waals surface area contributed by atoms with Gasteiger partial charge in [0.25, 0.3) is 0 Å². The van der Waals surface area contributed by atoms with Gasteiger partial charge in [0.1, 0.15) is 23.1 Å². The molecule has 2 aromatic rings. The second-order valence-electron chi connectivity index (χ2n) is 4.77. The Kier molecular flexibility index (Phi) is 3.25. The van der Waals surface area contributed by atoms with Crippen molar-refractivity contribution in [2.75, 3.05) is 7.11 Å². The van der Waals surface area contributed by atoms with Crippen molar-refractivity contribution in [3.63, 3.8) is 0 Å². The molecule has 1 aromatic carbocycles. The van der Waals surface area contributed by atoms with Gasteiger partial charge in [-0.05, 0) is 37.1 Å². The number of rotatable bonds is 5. The second-order valence-corrected chi connectivity index (χ2v) is 4.77. The van der Waals surface area contributed by atoms with E-state index in [2.05, 4.69) is 5.32 Å². The van der Waals surface area contributed by atoms with Crippen molar-refractivity contribution in [2.45, 2.75) is 25.4 Å². The maximum Gasteiger partial charge on any atom is 0.137 e. The number of nitrogens with one attached hydrogen (secondary N) is 1. The minimum absolute atomic E-state index is 0.338. The Hall–Kier alpha value is -1.81. The van der Waals surface area contributed by atoms with Crippen LogP contribution >= 0.6 is 0 Å². The van der Waals surface area contributed by atoms with Crippen LogP contribution in [0.3, 0.4) is 0 Å². The fourth-order valence-corrected chi connectivity index (χ4v) is 1.97. The highest BCUT2D eigenvalue weighted by atomic mass is 19.1. The van der Waals surface area contributed by atoms with Gasteiger partial charge in [0.15, 0.2) is 0 Å². The number of hydrogen-bond donors (Lipinski definition) is 1. The van der Waals surface area contributed by atoms with E-state index in [0.29, 0.717) is 29.7 Å². The van der Waals surface area contributed by atoms with Crippen LogP contribution in [0.15, 0.2) is 34.7 Å². The SMILES string of the molecule is COc1ccc(-c2ccc(CNC3CC3)o2)c(F)c1. The first-order chi connectivity index (χ1) is 9.26. The molecule has 3 rings (SSSR count). The summed E-state index contributed by atoms with van der Waals surface area (Å²) in [5.74, 6) is 1.55. The highest BCUT2D eigenvalue weighted by Gasteiger charge is 2.20. The lowest BCUT2D eigenvalue weighted by molar-refractivity contribution is 0.411. The smallest absolute Gasteiger partial charge is 0.137 e. The van der Waals surface area contributed by atoms with Gasteiger partial charge in [-0.25, -0.2) is 4.39 Å². The summed E-state index contributed by atoms with van der Waals surface area (Å²) in [6, 6.07) is 9.07. The molecule has 1 N–H and O–H groups in total. The minimum Gasteiger partial charge on any atom is -0.497 e. The molecule has 1 aliphatic rings. The summed E-state index contributed by atoms with van der Waals surface area (Å²) in [6.07, 6.45) is 2.47. The lowest BCUT2D eigenvalue weighted by Gasteiger charge is -2.03. The number of halogens is 1. The van der Waals surface area contributed by atoms with Crippen LogP contribution in [-0.2, 0) is 6.54 Å². The summed E-state index contributed by atoms with van der Waals surface area (Å²) in [4.78, 5) is 0. The van der Waals surface area contributed by atoms with Crippen LogP contribution in [0.2, 0.25) is 0 Å². The average molecular weight is 261 g/mol. The zero-order valence-corrected chi connectivity index (χ0v) is 10.8. The summed E-state index contributed by atoms with van der Waals surface area (Å²) in [6.45, 7) is 0.697. The van der Waals surface area contributed by atoms with Gasteiger partial charge < -0.3 is 14.5 Å². The van der Waals surface area contributed by atoms with Gasteiger partial charge in [-0.15, -0.1) is 0 Å². The third-order valence-electron chi connectivity index (χ3n) is 3.25. The summed E-state index contributed by atoms with van der Waals surface area (Å²) < 4.78 is 24.5. The van der Waals surface area contributed by atoms with E-state index < -0.39 is 0 Å². The minimum atomic E-state index is -0.338. The molecule has 19 heavy (non-hydrogen) atoms. The predicted molar refractivity (Wildman–Crippen MR) is 70.5 cm³/mol. The Bertz CT molecular complexity index is 575. The zero-order chi connectivity index (χ0) is 13.2. The predicted octanol–water partition coefficient (Wildman–Crippen LogP) is 3.35. The van der Waals surface area contributed by atoms with Crippen molar-refractivity contribution in [1.82, 2.24) is 5.32 Å². The van der Waals surface area contributed by atoms with E-state index in [1.54, 1.807) is 18.2 Å². The zero-order valence-electron chi connectivity index (χ0n) is 10.8. The van der Waals surface area contributed by atoms with Crippen molar-refractivity contribution in [3.8, 4) is 17.1 Å². The fourth-order valence-electron chi connectivity index (χ4n) is 1.97. The van der Waals surface area contributed by atoms with Crippen LogP contribution in [-0.4, -0.2) is 13.2 Å². The van der Waals surface area contributed by atoms with Crippen LogP contribution in [0.25, 0.3) is 11.3 Å². The fraction of sp³-hybridized carbons (Fsp3) is 0.333. The van der Waals surface area contributed by atoms with Gasteiger partial charge in [-0.2, -0.15) is 0 Å². The molecule has 100 valence electrons. The molecule has 1 aromatic heterocycles. The Labute approximate surface area is 111 Å². The maximum absolute atomic E-state index is 13.9. The van der Waals surface area contributed by atoms with Crippen LogP contribution < -0.4 is 10.1 Å². The molecule has 1 fully saturated rings. The molecule has 0 atom stereocenters. The topological polar surface area (TPSA) is 34.4 Å². The molecule has 1 saturated carbocycles. The van der Waals surface area contributed by atoms with Crippen molar-refractivity contribution in [1.29, 1.82) is 0 Å². The molecule has 0 radical (unpaired) electrons. The molecule has 0 amide bonds. The normalized spacial score (nSPS) is 14.6. The van der Waals surface area contributed by atoms with Crippen LogP contribution in [0.4, 0.5) is 4.39 Å². The molecule has 3 nitrogen and oxygen atoms in total. The van der Waals surface area contributed by atoms with Crippen molar-refractivity contribution in [3.05, 3.63) is 41.9 Å². The quantitative estimate of drug-likeness (QED) is 0.896. The first-order valence-corrected chi connectivity index (χ1v) is 6.42. The Morgan fingerprint density at radius 1 is 1.32 bits per heavy atom. The molecule has 0 aliphatic heterocycles. The van der Waals surface area contributed by atoms with E-state index in [1.165, 1.54) is 26.0 Å². The molecular formula is C15H16FNO2. The van der Waals surface area contributed by atoms with E-state index in [0.717, 1.165) is 5.76 Å². The monoisotopic (exact) mass is 261 g/mol. The highest BCUT2D eigenvalue weighted by molar-refractivity contribution is 5.59. The summed E-state index contributed by atoms with van der Waals surface area (Å²) in [5, 5.41) is 3.36. The lowest BCUT2D eigenvalue weighted by Crippen LogP contribution is -2.14. The number of hydrogen-bond acceptors (Lipinski definition) is 3. The van der Waals surface area contributed by atoms with Gasteiger partial charge >= 0.3 is 0 Å². The largest absolute Gasteiger partial charge is 0.497 e. The Balaban J connectivity index is 1.77. The Morgan fingerprint density at radius 2 is 2.16 bits per heavy atom. The Morgan fingerprint density at radius 3 is 2.84 bits per heavy atom. The molecular weight excluding hydrogens is 245 g/mol. The lowest BCUT2D eigenvalue weighted by atomic mass is 10.1. The molecule has 0 bridgehead atoms. The number of benzene rings is 1. The molecule has 0 unspecified atom stereocenters. The van der Waals surface area contributed by atoms with E-state index >= 15 is 0 Å². The number of ether oxygens (including phenoxy) is 1. The van der Waals surface area contributed by atoms with Crippen molar-refractivity contribution in [2.24, 2.45) is 0 Å². The summed E-state index contributed by atoms with van der Waals surface area (Å²) in [7, 11) is 1.52. The van der Waals surface area contributed by atoms with E-state index in [9.17, 15) is 4.39 Å². The highest BCUT2D eigenvalue weighted by Crippen LogP contribution is 2.28. The first-order valence-electron chi connectivity index (χ1n) is 6.42. The number of methoxy groups -OCH3 is 1. The summed E-state index contributed by atoms with van der Waals surface area (Å²) >= 11 is 0. The van der Waals surface area contributed by atoms with Crippen molar-refractivity contribution < 1.29 is 13.5 Å². The van der Waals surface area contributed by atoms with Gasteiger partial charge in [-0.3, -0.25) is 0 Å². The number of furan rings is 1. The van der Waals surface area contributed by atoms with E-state index in [-0.39, 0.29) is 5.82 Å². The standard InChI is InChI=1S/C15H16FNO2/c1-18-11-4-6-13(14(16)8-11)15-7-5-12(19-15)9-17-10-2-3-10/h4-8,10,17H,2-3,9H2,1H3. The third-order valence-corrected chi connectivity index (χ3v) is 3.25. The maximum atomic E-state index is 13.9. The molecule has 0 spiro atoms. The van der Waals surface area contributed by atoms with E-state index in [1.807, 2.05) is 6.07 Å². The van der Waals surface area contributed by atoms with Gasteiger partial charge in [0.2, 0.25) is 0 Å². The van der Waals surface area contributed by atoms with Crippen LogP contribution in [0.1, 0.15) is 18.6 Å². The summed E-state index contributed by atoms with van der Waals surface area (Å²) in [5.41, 5.74) is 0.457. The van der Waals surface area contributed by atoms with Crippen LogP contribution in [0.5, 0.6) is 5.75 Å². The first kappa shape index (κ1) is 12.2.